The second kappa shape index (κ2) is 20.2. The minimum absolute atomic E-state index is 0. The van der Waals surface area contributed by atoms with Gasteiger partial charge in [0.25, 0.3) is 0 Å². The molecule has 0 radical (unpaired) electrons. The van der Waals surface area contributed by atoms with E-state index in [1.807, 2.05) is 36.0 Å². The van der Waals surface area contributed by atoms with Gasteiger partial charge in [-0.1, -0.05) is 135 Å². The van der Waals surface area contributed by atoms with Crippen molar-refractivity contribution in [1.29, 1.82) is 0 Å². The lowest BCUT2D eigenvalue weighted by molar-refractivity contribution is -0.115. The molecule has 0 fully saturated rings. The third-order valence-electron chi connectivity index (χ3n) is 7.99. The molecule has 1 N–H and O–H groups in total. The van der Waals surface area contributed by atoms with Crippen molar-refractivity contribution in [2.45, 2.75) is 130 Å². The van der Waals surface area contributed by atoms with Crippen LogP contribution in [0.2, 0.25) is 0 Å². The Balaban J connectivity index is 0.00000645. The van der Waals surface area contributed by atoms with E-state index < -0.39 is 0 Å². The average Bonchev–Trinajstić information content (AvgIpc) is 3.36. The topological polar surface area (TPSA) is 41.6 Å². The molecule has 1 aliphatic heterocycles. The summed E-state index contributed by atoms with van der Waals surface area (Å²) >= 11 is 1.85. The Morgan fingerprint density at radius 3 is 2.07 bits per heavy atom. The molecule has 1 aliphatic rings. The molecule has 1 heterocycles. The molecule has 6 heteroatoms. The van der Waals surface area contributed by atoms with E-state index in [4.69, 9.17) is 4.74 Å². The van der Waals surface area contributed by atoms with Crippen LogP contribution in [0.15, 0.2) is 53.6 Å². The lowest BCUT2D eigenvalue weighted by atomic mass is 9.84. The van der Waals surface area contributed by atoms with Crippen LogP contribution < -0.4 is 10.1 Å². The van der Waals surface area contributed by atoms with Crippen LogP contribution in [0.25, 0.3) is 0 Å². The summed E-state index contributed by atoms with van der Waals surface area (Å²) in [6.07, 6.45) is 18.4. The van der Waals surface area contributed by atoms with Crippen molar-refractivity contribution in [3.63, 3.8) is 0 Å². The second-order valence-corrected chi connectivity index (χ2v) is 14.1. The first kappa shape index (κ1) is 37.3. The molecular weight excluding hydrogens is 616 g/mol. The molecule has 0 bridgehead atoms. The van der Waals surface area contributed by atoms with Crippen LogP contribution in [0.5, 0.6) is 5.75 Å². The SMILES string of the molecule is Br.CCCCCCCCCCCCCCOc1c(CC(=O)Nc2ccccc2CN2C=C(C)SC2)cccc1C(C)(C)C. The number of hydrogen-bond donors (Lipinski definition) is 1. The number of thioether (sulfide) groups is 1. The lowest BCUT2D eigenvalue weighted by Gasteiger charge is -2.25. The van der Waals surface area contributed by atoms with E-state index in [0.29, 0.717) is 13.0 Å². The number of rotatable bonds is 19. The Morgan fingerprint density at radius 2 is 1.47 bits per heavy atom. The Kier molecular flexibility index (Phi) is 17.5. The lowest BCUT2D eigenvalue weighted by Crippen LogP contribution is -2.20. The first-order valence-electron chi connectivity index (χ1n) is 16.5. The van der Waals surface area contributed by atoms with Gasteiger partial charge in [0.05, 0.1) is 18.9 Å². The van der Waals surface area contributed by atoms with E-state index in [2.05, 4.69) is 69.2 Å². The quantitative estimate of drug-likeness (QED) is 0.151. The first-order valence-corrected chi connectivity index (χ1v) is 17.4. The van der Waals surface area contributed by atoms with Gasteiger partial charge in [-0.3, -0.25) is 4.79 Å². The van der Waals surface area contributed by atoms with E-state index >= 15 is 0 Å². The number of nitrogens with zero attached hydrogens (tertiary/aromatic N) is 1. The van der Waals surface area contributed by atoms with Crippen LogP contribution >= 0.6 is 28.7 Å². The third kappa shape index (κ3) is 13.7. The van der Waals surface area contributed by atoms with E-state index in [-0.39, 0.29) is 28.3 Å². The van der Waals surface area contributed by atoms with Gasteiger partial charge in [0, 0.05) is 24.0 Å². The molecule has 1 amide bonds. The highest BCUT2D eigenvalue weighted by Crippen LogP contribution is 2.35. The number of hydrogen-bond acceptors (Lipinski definition) is 4. The van der Waals surface area contributed by atoms with Crippen molar-refractivity contribution in [2.24, 2.45) is 0 Å². The van der Waals surface area contributed by atoms with Crippen LogP contribution in [-0.4, -0.2) is 23.3 Å². The number of carbonyl (C=O) groups excluding carboxylic acids is 1. The number of halogens is 1. The molecule has 4 nitrogen and oxygen atoms in total. The molecule has 43 heavy (non-hydrogen) atoms. The summed E-state index contributed by atoms with van der Waals surface area (Å²) in [7, 11) is 0. The standard InChI is InChI=1S/C37H56N2O2S.BrH/c1-6-7-8-9-10-11-12-13-14-15-16-19-25-41-36-31(22-20-23-33(36)37(3,4)5)26-35(40)38-34-24-18-17-21-32(34)28-39-27-30(2)42-29-39;/h17-18,20-24,27H,6-16,19,25-26,28-29H2,1-5H3,(H,38,40);1H. The summed E-state index contributed by atoms with van der Waals surface area (Å²) < 4.78 is 6.46. The van der Waals surface area contributed by atoms with Gasteiger partial charge in [-0.25, -0.2) is 0 Å². The van der Waals surface area contributed by atoms with Crippen LogP contribution in [-0.2, 0) is 23.2 Å². The van der Waals surface area contributed by atoms with Crippen molar-refractivity contribution >= 4 is 40.3 Å². The summed E-state index contributed by atoms with van der Waals surface area (Å²) in [5.74, 6) is 1.84. The van der Waals surface area contributed by atoms with Crippen LogP contribution in [0, 0.1) is 0 Å². The second-order valence-electron chi connectivity index (χ2n) is 12.9. The monoisotopic (exact) mass is 672 g/mol. The van der Waals surface area contributed by atoms with Gasteiger partial charge >= 0.3 is 0 Å². The third-order valence-corrected chi connectivity index (χ3v) is 9.01. The van der Waals surface area contributed by atoms with Gasteiger partial charge in [-0.15, -0.1) is 28.7 Å². The number of allylic oxidation sites excluding steroid dienone is 1. The number of unbranched alkanes of at least 4 members (excludes halogenated alkanes) is 11. The van der Waals surface area contributed by atoms with Gasteiger partial charge in [0.2, 0.25) is 5.91 Å². The van der Waals surface area contributed by atoms with Gasteiger partial charge in [0.1, 0.15) is 5.75 Å². The predicted molar refractivity (Wildman–Crippen MR) is 193 cm³/mol. The first-order chi connectivity index (χ1) is 20.3. The van der Waals surface area contributed by atoms with E-state index in [9.17, 15) is 4.79 Å². The summed E-state index contributed by atoms with van der Waals surface area (Å²) in [6, 6.07) is 14.4. The number of para-hydroxylation sites is 2. The summed E-state index contributed by atoms with van der Waals surface area (Å²) in [5.41, 5.74) is 4.08. The molecule has 240 valence electrons. The van der Waals surface area contributed by atoms with Crippen molar-refractivity contribution in [1.82, 2.24) is 4.90 Å². The fraction of sp³-hybridized carbons (Fsp3) is 0.595. The molecule has 2 aromatic carbocycles. The Morgan fingerprint density at radius 1 is 0.860 bits per heavy atom. The minimum atomic E-state index is -0.0651. The minimum Gasteiger partial charge on any atom is -0.493 e. The largest absolute Gasteiger partial charge is 0.493 e. The fourth-order valence-corrected chi connectivity index (χ4v) is 6.34. The summed E-state index contributed by atoms with van der Waals surface area (Å²) in [4.78, 5) is 16.9. The highest BCUT2D eigenvalue weighted by Gasteiger charge is 2.23. The normalized spacial score (nSPS) is 13.0. The number of ether oxygens (including phenoxy) is 1. The average molecular weight is 674 g/mol. The number of nitrogens with one attached hydrogen (secondary N) is 1. The van der Waals surface area contributed by atoms with Crippen LogP contribution in [0.3, 0.4) is 0 Å². The molecule has 0 saturated carbocycles. The zero-order valence-electron chi connectivity index (χ0n) is 27.5. The highest BCUT2D eigenvalue weighted by molar-refractivity contribution is 8.93. The maximum atomic E-state index is 13.3. The van der Waals surface area contributed by atoms with Crippen molar-refractivity contribution in [3.05, 3.63) is 70.3 Å². The molecule has 3 rings (SSSR count). The van der Waals surface area contributed by atoms with Crippen LogP contribution in [0.4, 0.5) is 5.69 Å². The molecule has 2 aromatic rings. The van der Waals surface area contributed by atoms with Crippen molar-refractivity contribution in [3.8, 4) is 5.75 Å². The number of carbonyl (C=O) groups is 1. The predicted octanol–water partition coefficient (Wildman–Crippen LogP) is 11.2. The molecule has 0 aromatic heterocycles. The maximum absolute atomic E-state index is 13.3. The Bertz CT molecular complexity index is 1130. The van der Waals surface area contributed by atoms with E-state index in [0.717, 1.165) is 41.4 Å². The van der Waals surface area contributed by atoms with Gasteiger partial charge in [-0.2, -0.15) is 0 Å². The molecule has 0 saturated heterocycles. The zero-order valence-corrected chi connectivity index (χ0v) is 30.0. The van der Waals surface area contributed by atoms with Gasteiger partial charge in [-0.05, 0) is 40.9 Å². The maximum Gasteiger partial charge on any atom is 0.228 e. The number of anilines is 1. The van der Waals surface area contributed by atoms with Gasteiger partial charge in [0.15, 0.2) is 0 Å². The molecule has 0 spiro atoms. The van der Waals surface area contributed by atoms with E-state index in [1.165, 1.54) is 81.1 Å². The summed E-state index contributed by atoms with van der Waals surface area (Å²) in [5, 5.41) is 3.20. The molecule has 0 unspecified atom stereocenters. The fourth-order valence-electron chi connectivity index (χ4n) is 5.58. The smallest absolute Gasteiger partial charge is 0.228 e. The Hall–Kier alpha value is -1.92. The number of benzene rings is 2. The molecule has 0 atom stereocenters. The summed E-state index contributed by atoms with van der Waals surface area (Å²) in [6.45, 7) is 12.5. The highest BCUT2D eigenvalue weighted by atomic mass is 79.9. The van der Waals surface area contributed by atoms with Crippen molar-refractivity contribution < 1.29 is 9.53 Å². The van der Waals surface area contributed by atoms with E-state index in [1.54, 1.807) is 0 Å². The van der Waals surface area contributed by atoms with Crippen LogP contribution in [0.1, 0.15) is 128 Å². The number of amides is 1. The molecular formula is C37H57BrN2O2S. The molecule has 0 aliphatic carbocycles. The van der Waals surface area contributed by atoms with Gasteiger partial charge < -0.3 is 15.0 Å². The Labute approximate surface area is 277 Å². The van der Waals surface area contributed by atoms with Crippen molar-refractivity contribution in [2.75, 3.05) is 17.8 Å². The zero-order chi connectivity index (χ0) is 30.2.